The normalized spacial score (nSPS) is 18.6. The van der Waals surface area contributed by atoms with E-state index in [1.165, 1.54) is 16.8 Å². The van der Waals surface area contributed by atoms with Gasteiger partial charge in [0.1, 0.15) is 11.5 Å². The standard InChI is InChI=1S/C24H27N3O3/c1-17-14-22(18(2)30-17)24(28)26-25-16-21-9-8-20(15-19-6-4-3-5-7-19)23(21)27-10-12-29-13-11-27/h3-7,14-16H,8-13H2,1-2H3,(H,26,28)/b20-15?,25-16-. The molecule has 6 heteroatoms. The Labute approximate surface area is 176 Å². The maximum atomic E-state index is 12.4. The Hall–Kier alpha value is -3.12. The van der Waals surface area contributed by atoms with Gasteiger partial charge in [0.05, 0.1) is 25.0 Å². The van der Waals surface area contributed by atoms with Crippen LogP contribution in [0.15, 0.2) is 62.8 Å². The molecule has 0 unspecified atom stereocenters. The highest BCUT2D eigenvalue weighted by atomic mass is 16.5. The molecule has 1 amide bonds. The smallest absolute Gasteiger partial charge is 0.274 e. The number of furan rings is 1. The largest absolute Gasteiger partial charge is 0.466 e. The van der Waals surface area contributed by atoms with Crippen molar-refractivity contribution in [2.45, 2.75) is 26.7 Å². The topological polar surface area (TPSA) is 67.1 Å². The zero-order valence-corrected chi connectivity index (χ0v) is 17.5. The number of rotatable bonds is 5. The van der Waals surface area contributed by atoms with E-state index < -0.39 is 0 Å². The maximum Gasteiger partial charge on any atom is 0.274 e. The highest BCUT2D eigenvalue weighted by molar-refractivity contribution is 5.96. The third-order valence-corrected chi connectivity index (χ3v) is 5.41. The zero-order valence-electron chi connectivity index (χ0n) is 17.5. The number of morpholine rings is 1. The van der Waals surface area contributed by atoms with Crippen molar-refractivity contribution in [1.29, 1.82) is 0 Å². The molecule has 1 aliphatic carbocycles. The summed E-state index contributed by atoms with van der Waals surface area (Å²) in [5.74, 6) is 1.06. The van der Waals surface area contributed by atoms with Gasteiger partial charge in [-0.15, -0.1) is 0 Å². The van der Waals surface area contributed by atoms with Crippen LogP contribution >= 0.6 is 0 Å². The SMILES string of the molecule is Cc1cc(C(=O)N/N=C\C2=C(N3CCOCC3)C(=Cc3ccccc3)CC2)c(C)o1. The molecule has 1 aromatic heterocycles. The van der Waals surface area contributed by atoms with Gasteiger partial charge in [0.2, 0.25) is 0 Å². The molecule has 2 aliphatic rings. The van der Waals surface area contributed by atoms with Crippen molar-refractivity contribution >= 4 is 18.2 Å². The van der Waals surface area contributed by atoms with Gasteiger partial charge < -0.3 is 14.1 Å². The molecule has 0 spiro atoms. The molecule has 0 atom stereocenters. The van der Waals surface area contributed by atoms with Crippen LogP contribution in [0.3, 0.4) is 0 Å². The first-order valence-electron chi connectivity index (χ1n) is 10.3. The van der Waals surface area contributed by atoms with Crippen molar-refractivity contribution in [2.24, 2.45) is 5.10 Å². The minimum absolute atomic E-state index is 0.257. The van der Waals surface area contributed by atoms with Crippen LogP contribution in [-0.2, 0) is 4.74 Å². The quantitative estimate of drug-likeness (QED) is 0.601. The predicted molar refractivity (Wildman–Crippen MR) is 117 cm³/mol. The summed E-state index contributed by atoms with van der Waals surface area (Å²) in [4.78, 5) is 14.8. The van der Waals surface area contributed by atoms with Gasteiger partial charge in [-0.1, -0.05) is 30.3 Å². The summed E-state index contributed by atoms with van der Waals surface area (Å²) < 4.78 is 11.0. The predicted octanol–water partition coefficient (Wildman–Crippen LogP) is 4.08. The lowest BCUT2D eigenvalue weighted by Gasteiger charge is -2.31. The van der Waals surface area contributed by atoms with Crippen molar-refractivity contribution in [2.75, 3.05) is 26.3 Å². The van der Waals surface area contributed by atoms with E-state index in [-0.39, 0.29) is 5.91 Å². The molecule has 1 N–H and O–H groups in total. The summed E-state index contributed by atoms with van der Waals surface area (Å²) in [5, 5.41) is 4.26. The Morgan fingerprint density at radius 1 is 1.13 bits per heavy atom. The molecule has 4 rings (SSSR count). The van der Waals surface area contributed by atoms with Crippen molar-refractivity contribution < 1.29 is 13.9 Å². The van der Waals surface area contributed by atoms with E-state index >= 15 is 0 Å². The van der Waals surface area contributed by atoms with E-state index in [9.17, 15) is 4.79 Å². The molecular formula is C24H27N3O3. The Kier molecular flexibility index (Phi) is 6.14. The summed E-state index contributed by atoms with van der Waals surface area (Å²) in [6.45, 7) is 6.77. The van der Waals surface area contributed by atoms with Gasteiger partial charge in [0, 0.05) is 18.8 Å². The Morgan fingerprint density at radius 3 is 2.60 bits per heavy atom. The van der Waals surface area contributed by atoms with Crippen molar-refractivity contribution in [1.82, 2.24) is 10.3 Å². The molecule has 30 heavy (non-hydrogen) atoms. The van der Waals surface area contributed by atoms with Gasteiger partial charge in [0.25, 0.3) is 5.91 Å². The summed E-state index contributed by atoms with van der Waals surface area (Å²) in [5.41, 5.74) is 8.01. The van der Waals surface area contributed by atoms with Crippen molar-refractivity contribution in [3.63, 3.8) is 0 Å². The summed E-state index contributed by atoms with van der Waals surface area (Å²) >= 11 is 0. The minimum Gasteiger partial charge on any atom is -0.466 e. The van der Waals surface area contributed by atoms with Crippen LogP contribution in [0, 0.1) is 13.8 Å². The zero-order chi connectivity index (χ0) is 20.9. The number of nitrogens with one attached hydrogen (secondary N) is 1. The number of hydrazone groups is 1. The highest BCUT2D eigenvalue weighted by Gasteiger charge is 2.25. The van der Waals surface area contributed by atoms with E-state index in [4.69, 9.17) is 9.15 Å². The van der Waals surface area contributed by atoms with Crippen LogP contribution in [0.2, 0.25) is 0 Å². The lowest BCUT2D eigenvalue weighted by atomic mass is 10.1. The third-order valence-electron chi connectivity index (χ3n) is 5.41. The number of ether oxygens (including phenoxy) is 1. The van der Waals surface area contributed by atoms with E-state index in [0.717, 1.165) is 44.7 Å². The average molecular weight is 405 g/mol. The minimum atomic E-state index is -0.257. The first-order chi connectivity index (χ1) is 14.6. The molecule has 1 saturated heterocycles. The van der Waals surface area contributed by atoms with Crippen LogP contribution in [0.25, 0.3) is 6.08 Å². The summed E-state index contributed by atoms with van der Waals surface area (Å²) in [7, 11) is 0. The van der Waals surface area contributed by atoms with Gasteiger partial charge in [-0.2, -0.15) is 5.10 Å². The van der Waals surface area contributed by atoms with E-state index in [2.05, 4.69) is 45.8 Å². The average Bonchev–Trinajstić information content (AvgIpc) is 3.31. The van der Waals surface area contributed by atoms with Crippen LogP contribution in [0.1, 0.15) is 40.3 Å². The molecular weight excluding hydrogens is 378 g/mol. The van der Waals surface area contributed by atoms with E-state index in [1.54, 1.807) is 19.2 Å². The van der Waals surface area contributed by atoms with Gasteiger partial charge in [-0.05, 0) is 55.5 Å². The molecule has 6 nitrogen and oxygen atoms in total. The Bertz CT molecular complexity index is 996. The molecule has 2 heterocycles. The van der Waals surface area contributed by atoms with E-state index in [0.29, 0.717) is 17.1 Å². The maximum absolute atomic E-state index is 12.4. The molecule has 0 radical (unpaired) electrons. The fourth-order valence-corrected chi connectivity index (χ4v) is 4.01. The first-order valence-corrected chi connectivity index (χ1v) is 10.3. The fraction of sp³-hybridized carbons (Fsp3) is 0.333. The van der Waals surface area contributed by atoms with Crippen LogP contribution in [0.5, 0.6) is 0 Å². The van der Waals surface area contributed by atoms with Gasteiger partial charge in [-0.25, -0.2) is 5.43 Å². The van der Waals surface area contributed by atoms with Crippen LogP contribution in [0.4, 0.5) is 0 Å². The second-order valence-electron chi connectivity index (χ2n) is 7.58. The van der Waals surface area contributed by atoms with E-state index in [1.807, 2.05) is 13.0 Å². The molecule has 1 aliphatic heterocycles. The number of carbonyl (C=O) groups excluding carboxylic acids is 1. The second kappa shape index (κ2) is 9.13. The van der Waals surface area contributed by atoms with Gasteiger partial charge in [-0.3, -0.25) is 4.79 Å². The highest BCUT2D eigenvalue weighted by Crippen LogP contribution is 2.34. The van der Waals surface area contributed by atoms with Crippen LogP contribution in [-0.4, -0.2) is 43.3 Å². The first kappa shape index (κ1) is 20.2. The monoisotopic (exact) mass is 405 g/mol. The molecule has 2 aromatic rings. The number of aryl methyl sites for hydroxylation is 2. The van der Waals surface area contributed by atoms with Crippen molar-refractivity contribution in [3.8, 4) is 0 Å². The Morgan fingerprint density at radius 2 is 1.90 bits per heavy atom. The summed E-state index contributed by atoms with van der Waals surface area (Å²) in [6.07, 6.45) is 5.89. The van der Waals surface area contributed by atoms with Crippen molar-refractivity contribution in [3.05, 3.63) is 75.9 Å². The van der Waals surface area contributed by atoms with Gasteiger partial charge >= 0.3 is 0 Å². The number of hydrogen-bond donors (Lipinski definition) is 1. The van der Waals surface area contributed by atoms with Gasteiger partial charge in [0.15, 0.2) is 0 Å². The Balaban J connectivity index is 1.57. The number of hydrogen-bond acceptors (Lipinski definition) is 5. The second-order valence-corrected chi connectivity index (χ2v) is 7.58. The number of amides is 1. The van der Waals surface area contributed by atoms with Crippen LogP contribution < -0.4 is 5.43 Å². The lowest BCUT2D eigenvalue weighted by molar-refractivity contribution is 0.0548. The molecule has 156 valence electrons. The lowest BCUT2D eigenvalue weighted by Crippen LogP contribution is -2.36. The number of benzene rings is 1. The fourth-order valence-electron chi connectivity index (χ4n) is 4.01. The third kappa shape index (κ3) is 4.54. The molecule has 0 saturated carbocycles. The molecule has 1 aromatic carbocycles. The molecule has 0 bridgehead atoms. The number of nitrogens with zero attached hydrogens (tertiary/aromatic N) is 2. The number of carbonyl (C=O) groups is 1. The summed E-state index contributed by atoms with van der Waals surface area (Å²) in [6, 6.07) is 12.1. The molecule has 1 fully saturated rings. The number of allylic oxidation sites excluding steroid dienone is 2.